The Labute approximate surface area is 57.9 Å². The van der Waals surface area contributed by atoms with Crippen molar-refractivity contribution in [3.05, 3.63) is 24.4 Å². The van der Waals surface area contributed by atoms with Crippen molar-refractivity contribution in [2.45, 2.75) is 6.92 Å². The van der Waals surface area contributed by atoms with E-state index in [2.05, 4.69) is 33.9 Å². The van der Waals surface area contributed by atoms with E-state index in [9.17, 15) is 0 Å². The van der Waals surface area contributed by atoms with Crippen LogP contribution < -0.4 is 0 Å². The van der Waals surface area contributed by atoms with Crippen molar-refractivity contribution in [2.24, 2.45) is 0 Å². The van der Waals surface area contributed by atoms with Gasteiger partial charge in [0.15, 0.2) is 0 Å². The van der Waals surface area contributed by atoms with Crippen LogP contribution in [0, 0.1) is 0 Å². The Hall–Kier alpha value is -0.560. The van der Waals surface area contributed by atoms with Crippen LogP contribution in [0.15, 0.2) is 24.4 Å². The van der Waals surface area contributed by atoms with E-state index in [4.69, 9.17) is 0 Å². The Morgan fingerprint density at radius 1 is 1.33 bits per heavy atom. The molecule has 0 N–H and O–H groups in total. The Kier molecular flexibility index (Phi) is 2.65. The van der Waals surface area contributed by atoms with Crippen LogP contribution in [0.3, 0.4) is 0 Å². The first-order valence-electron chi connectivity index (χ1n) is 3.08. The van der Waals surface area contributed by atoms with E-state index in [1.807, 2.05) is 13.0 Å². The lowest BCUT2D eigenvalue weighted by molar-refractivity contribution is -0.817. The maximum atomic E-state index is 3.76. The Bertz CT molecular complexity index is 126. The molecule has 0 aliphatic rings. The average Bonchev–Trinajstić information content (AvgIpc) is 1.59. The highest BCUT2D eigenvalue weighted by atomic mass is 15.3. The van der Waals surface area contributed by atoms with Gasteiger partial charge in [-0.2, -0.15) is 0 Å². The zero-order valence-electron chi connectivity index (χ0n) is 6.81. The second kappa shape index (κ2) is 2.83. The fourth-order valence-electron chi connectivity index (χ4n) is 0.351. The van der Waals surface area contributed by atoms with Crippen molar-refractivity contribution in [3.8, 4) is 0 Å². The molecule has 0 amide bonds. The number of hydrogen-bond acceptors (Lipinski definition) is 0. The molecule has 0 saturated heterocycles. The van der Waals surface area contributed by atoms with Gasteiger partial charge >= 0.3 is 0 Å². The zero-order valence-corrected chi connectivity index (χ0v) is 6.81. The van der Waals surface area contributed by atoms with Crippen molar-refractivity contribution in [3.63, 3.8) is 0 Å². The first-order chi connectivity index (χ1) is 3.92. The topological polar surface area (TPSA) is 0 Å². The van der Waals surface area contributed by atoms with E-state index in [1.165, 1.54) is 0 Å². The third-order valence-corrected chi connectivity index (χ3v) is 0.806. The molecule has 0 aliphatic carbocycles. The molecule has 1 nitrogen and oxygen atoms in total. The summed E-state index contributed by atoms with van der Waals surface area (Å²) in [4.78, 5) is 0. The molecule has 0 unspecified atom stereocenters. The third-order valence-electron chi connectivity index (χ3n) is 0.806. The van der Waals surface area contributed by atoms with Gasteiger partial charge in [0.2, 0.25) is 0 Å². The summed E-state index contributed by atoms with van der Waals surface area (Å²) in [6.07, 6.45) is 4.13. The first kappa shape index (κ1) is 8.44. The minimum absolute atomic E-state index is 0.854. The summed E-state index contributed by atoms with van der Waals surface area (Å²) in [5.41, 5.74) is 1.10. The molecule has 0 bridgehead atoms. The highest BCUT2D eigenvalue weighted by Crippen LogP contribution is 1.95. The molecule has 0 radical (unpaired) electrons. The van der Waals surface area contributed by atoms with E-state index in [-0.39, 0.29) is 0 Å². The molecule has 0 aromatic carbocycles. The monoisotopic (exact) mass is 126 g/mol. The maximum Gasteiger partial charge on any atom is 0.0954 e. The molecule has 0 aliphatic heterocycles. The molecular weight excluding hydrogens is 110 g/mol. The lowest BCUT2D eigenvalue weighted by atomic mass is 10.3. The molecule has 9 heavy (non-hydrogen) atoms. The van der Waals surface area contributed by atoms with Crippen molar-refractivity contribution in [2.75, 3.05) is 21.1 Å². The van der Waals surface area contributed by atoms with Crippen molar-refractivity contribution in [1.29, 1.82) is 0 Å². The predicted molar refractivity (Wildman–Crippen MR) is 42.0 cm³/mol. The molecule has 0 heterocycles. The predicted octanol–water partition coefficient (Wildman–Crippen LogP) is 1.78. The van der Waals surface area contributed by atoms with Gasteiger partial charge < -0.3 is 4.48 Å². The molecule has 0 rings (SSSR count). The van der Waals surface area contributed by atoms with Gasteiger partial charge in [0, 0.05) is 0 Å². The lowest BCUT2D eigenvalue weighted by Crippen LogP contribution is -2.26. The molecule has 52 valence electrons. The Morgan fingerprint density at radius 3 is 1.89 bits per heavy atom. The van der Waals surface area contributed by atoms with Gasteiger partial charge in [-0.1, -0.05) is 12.2 Å². The second-order valence-electron chi connectivity index (χ2n) is 3.28. The number of quaternary nitrogens is 1. The van der Waals surface area contributed by atoms with Crippen molar-refractivity contribution in [1.82, 2.24) is 0 Å². The molecule has 0 atom stereocenters. The summed E-state index contributed by atoms with van der Waals surface area (Å²) in [5.74, 6) is 0. The van der Waals surface area contributed by atoms with E-state index in [0.29, 0.717) is 0 Å². The van der Waals surface area contributed by atoms with Crippen LogP contribution >= 0.6 is 0 Å². The maximum absolute atomic E-state index is 3.76. The fourth-order valence-corrected chi connectivity index (χ4v) is 0.351. The van der Waals surface area contributed by atoms with Crippen LogP contribution in [0.2, 0.25) is 0 Å². The fraction of sp³-hybridized carbons (Fsp3) is 0.500. The van der Waals surface area contributed by atoms with E-state index < -0.39 is 0 Å². The molecule has 0 saturated carbocycles. The summed E-state index contributed by atoms with van der Waals surface area (Å²) in [7, 11) is 6.33. The van der Waals surface area contributed by atoms with Gasteiger partial charge in [0.1, 0.15) is 0 Å². The van der Waals surface area contributed by atoms with Crippen LogP contribution in [-0.2, 0) is 0 Å². The van der Waals surface area contributed by atoms with Gasteiger partial charge in [0.25, 0.3) is 0 Å². The smallest absolute Gasteiger partial charge is 0.0954 e. The highest BCUT2D eigenvalue weighted by molar-refractivity contribution is 5.08. The quantitative estimate of drug-likeness (QED) is 0.391. The number of nitrogens with zero attached hydrogens (tertiary/aromatic N) is 1. The molecule has 0 aromatic heterocycles. The second-order valence-corrected chi connectivity index (χ2v) is 3.28. The summed E-state index contributed by atoms with van der Waals surface area (Å²) >= 11 is 0. The minimum atomic E-state index is 0.854. The number of hydrogen-bond donors (Lipinski definition) is 0. The summed E-state index contributed by atoms with van der Waals surface area (Å²) in [5, 5.41) is 0. The highest BCUT2D eigenvalue weighted by Gasteiger charge is 1.97. The third kappa shape index (κ3) is 7.44. The largest absolute Gasteiger partial charge is 0.305 e. The standard InChI is InChI=1S/C8H16N/c1-8(2)6-7-9(3,4)5/h6-7H,1H2,2-5H3/q+1. The van der Waals surface area contributed by atoms with Gasteiger partial charge in [-0.15, -0.1) is 0 Å². The van der Waals surface area contributed by atoms with Crippen molar-refractivity contribution >= 4 is 0 Å². The van der Waals surface area contributed by atoms with Crippen LogP contribution in [0.4, 0.5) is 0 Å². The van der Waals surface area contributed by atoms with Crippen LogP contribution in [-0.4, -0.2) is 25.6 Å². The van der Waals surface area contributed by atoms with E-state index in [1.54, 1.807) is 0 Å². The van der Waals surface area contributed by atoms with E-state index in [0.717, 1.165) is 10.1 Å². The average molecular weight is 126 g/mol. The molecular formula is C8H16N+. The first-order valence-corrected chi connectivity index (χ1v) is 3.08. The molecule has 0 fully saturated rings. The number of allylic oxidation sites excluding steroid dienone is 2. The minimum Gasteiger partial charge on any atom is -0.305 e. The number of rotatable bonds is 2. The van der Waals surface area contributed by atoms with Gasteiger partial charge in [-0.05, 0) is 13.0 Å². The summed E-state index contributed by atoms with van der Waals surface area (Å²) in [6.45, 7) is 5.75. The van der Waals surface area contributed by atoms with Crippen LogP contribution in [0.5, 0.6) is 0 Å². The van der Waals surface area contributed by atoms with Gasteiger partial charge in [0.05, 0.1) is 27.3 Å². The molecule has 0 aromatic rings. The van der Waals surface area contributed by atoms with Gasteiger partial charge in [-0.25, -0.2) is 0 Å². The lowest BCUT2D eigenvalue weighted by Gasteiger charge is -2.17. The van der Waals surface area contributed by atoms with Crippen molar-refractivity contribution < 1.29 is 4.48 Å². The van der Waals surface area contributed by atoms with E-state index >= 15 is 0 Å². The Morgan fingerprint density at radius 2 is 1.78 bits per heavy atom. The molecule has 1 heteroatoms. The summed E-state index contributed by atoms with van der Waals surface area (Å²) in [6, 6.07) is 0. The Balaban J connectivity index is 3.86. The summed E-state index contributed by atoms with van der Waals surface area (Å²) < 4.78 is 0.854. The van der Waals surface area contributed by atoms with Crippen LogP contribution in [0.1, 0.15) is 6.92 Å². The SMILES string of the molecule is C=C(C)C=C[N+](C)(C)C. The molecule has 0 spiro atoms. The van der Waals surface area contributed by atoms with Crippen LogP contribution in [0.25, 0.3) is 0 Å². The van der Waals surface area contributed by atoms with Gasteiger partial charge in [-0.3, -0.25) is 0 Å². The zero-order chi connectivity index (χ0) is 7.49. The normalized spacial score (nSPS) is 12.4.